The second kappa shape index (κ2) is 5.38. The summed E-state index contributed by atoms with van der Waals surface area (Å²) in [6.07, 6.45) is -1.13. The number of thiocarbonyl (C=S) groups is 1. The molecule has 4 nitrogen and oxygen atoms in total. The number of carbonyl (C=O) groups excluding carboxylic acids is 1. The Morgan fingerprint density at radius 3 is 2.56 bits per heavy atom. The number of piperidine rings is 1. The van der Waals surface area contributed by atoms with Gasteiger partial charge < -0.3 is 9.64 Å². The fraction of sp³-hybridized carbons (Fsp3) is 0.778. The number of alkyl carbamates (subject to hydrolysis) is 1. The summed E-state index contributed by atoms with van der Waals surface area (Å²) in [7, 11) is 0. The van der Waals surface area contributed by atoms with Crippen molar-refractivity contribution in [3.05, 3.63) is 0 Å². The highest BCUT2D eigenvalue weighted by atomic mass is 32.1. The highest BCUT2D eigenvalue weighted by Crippen LogP contribution is 2.27. The van der Waals surface area contributed by atoms with Crippen LogP contribution in [-0.4, -0.2) is 41.7 Å². The summed E-state index contributed by atoms with van der Waals surface area (Å²) in [6.45, 7) is 2.22. The van der Waals surface area contributed by atoms with Crippen molar-refractivity contribution in [2.75, 3.05) is 19.7 Å². The van der Waals surface area contributed by atoms with Gasteiger partial charge in [-0.25, -0.2) is 13.6 Å². The summed E-state index contributed by atoms with van der Waals surface area (Å²) in [5.74, 6) is -2.62. The van der Waals surface area contributed by atoms with E-state index in [9.17, 15) is 13.6 Å². The van der Waals surface area contributed by atoms with E-state index in [4.69, 9.17) is 12.2 Å². The molecule has 92 valence electrons. The van der Waals surface area contributed by atoms with Gasteiger partial charge >= 0.3 is 6.09 Å². The zero-order chi connectivity index (χ0) is 12.2. The van der Waals surface area contributed by atoms with Gasteiger partial charge in [-0.3, -0.25) is 5.32 Å². The molecular formula is C9H14F2N2O2S. The van der Waals surface area contributed by atoms with Crippen LogP contribution < -0.4 is 5.32 Å². The molecule has 0 aliphatic carbocycles. The topological polar surface area (TPSA) is 41.6 Å². The van der Waals surface area contributed by atoms with Gasteiger partial charge in [-0.15, -0.1) is 0 Å². The predicted octanol–water partition coefficient (Wildman–Crippen LogP) is 1.75. The van der Waals surface area contributed by atoms with Gasteiger partial charge in [-0.1, -0.05) is 0 Å². The molecule has 1 aliphatic rings. The Hall–Kier alpha value is -0.980. The van der Waals surface area contributed by atoms with Crippen molar-refractivity contribution >= 4 is 23.4 Å². The van der Waals surface area contributed by atoms with E-state index in [0.717, 1.165) is 0 Å². The maximum atomic E-state index is 12.8. The van der Waals surface area contributed by atoms with Crippen LogP contribution in [0.1, 0.15) is 19.8 Å². The van der Waals surface area contributed by atoms with Crippen LogP contribution in [-0.2, 0) is 4.74 Å². The van der Waals surface area contributed by atoms with Crippen molar-refractivity contribution in [2.24, 2.45) is 0 Å². The molecular weight excluding hydrogens is 238 g/mol. The normalized spacial score (nSPS) is 19.1. The highest BCUT2D eigenvalue weighted by molar-refractivity contribution is 7.80. The third-order valence-electron chi connectivity index (χ3n) is 2.27. The number of carbonyl (C=O) groups is 1. The van der Waals surface area contributed by atoms with Crippen LogP contribution in [0.2, 0.25) is 0 Å². The van der Waals surface area contributed by atoms with Crippen LogP contribution in [0.4, 0.5) is 13.6 Å². The zero-order valence-electron chi connectivity index (χ0n) is 8.96. The fourth-order valence-corrected chi connectivity index (χ4v) is 1.64. The first-order valence-corrected chi connectivity index (χ1v) is 5.46. The molecule has 1 saturated heterocycles. The average Bonchev–Trinajstić information content (AvgIpc) is 2.17. The Morgan fingerprint density at radius 2 is 2.06 bits per heavy atom. The van der Waals surface area contributed by atoms with Gasteiger partial charge in [0, 0.05) is 25.9 Å². The number of nitrogens with one attached hydrogen (secondary N) is 1. The van der Waals surface area contributed by atoms with Crippen molar-refractivity contribution < 1.29 is 18.3 Å². The quantitative estimate of drug-likeness (QED) is 0.722. The van der Waals surface area contributed by atoms with E-state index in [1.165, 1.54) is 0 Å². The molecule has 0 saturated carbocycles. The van der Waals surface area contributed by atoms with Gasteiger partial charge in [-0.05, 0) is 19.1 Å². The van der Waals surface area contributed by atoms with E-state index in [2.05, 4.69) is 10.1 Å². The Bertz CT molecular complexity index is 277. The predicted molar refractivity (Wildman–Crippen MR) is 58.5 cm³/mol. The van der Waals surface area contributed by atoms with Crippen molar-refractivity contribution in [3.8, 4) is 0 Å². The lowest BCUT2D eigenvalue weighted by Gasteiger charge is -2.33. The molecule has 7 heteroatoms. The molecule has 0 aromatic rings. The molecule has 0 unspecified atom stereocenters. The highest BCUT2D eigenvalue weighted by Gasteiger charge is 2.34. The lowest BCUT2D eigenvalue weighted by Crippen LogP contribution is -2.48. The van der Waals surface area contributed by atoms with Crippen molar-refractivity contribution in [2.45, 2.75) is 25.7 Å². The first-order chi connectivity index (χ1) is 7.44. The molecule has 0 spiro atoms. The molecule has 1 heterocycles. The number of rotatable bonds is 1. The number of amides is 1. The fourth-order valence-electron chi connectivity index (χ4n) is 1.37. The molecule has 0 atom stereocenters. The van der Waals surface area contributed by atoms with E-state index >= 15 is 0 Å². The van der Waals surface area contributed by atoms with Crippen LogP contribution in [0.25, 0.3) is 0 Å². The number of hydrogen-bond acceptors (Lipinski definition) is 3. The minimum Gasteiger partial charge on any atom is -0.450 e. The van der Waals surface area contributed by atoms with Crippen molar-refractivity contribution in [3.63, 3.8) is 0 Å². The van der Waals surface area contributed by atoms with Crippen molar-refractivity contribution in [1.29, 1.82) is 0 Å². The lowest BCUT2D eigenvalue weighted by molar-refractivity contribution is -0.0434. The largest absolute Gasteiger partial charge is 0.450 e. The summed E-state index contributed by atoms with van der Waals surface area (Å²) >= 11 is 4.91. The molecule has 1 N–H and O–H groups in total. The van der Waals surface area contributed by atoms with Gasteiger partial charge in [0.15, 0.2) is 5.11 Å². The van der Waals surface area contributed by atoms with Crippen LogP contribution in [0.3, 0.4) is 0 Å². The molecule has 1 rings (SSSR count). The standard InChI is InChI=1S/C9H14F2N2O2S/c1-2-15-8(14)12-7(16)13-5-3-9(10,11)4-6-13/h2-6H2,1H3,(H,12,14,16). The van der Waals surface area contributed by atoms with Crippen LogP contribution in [0.15, 0.2) is 0 Å². The summed E-state index contributed by atoms with van der Waals surface area (Å²) in [5.41, 5.74) is 0. The van der Waals surface area contributed by atoms with Crippen molar-refractivity contribution in [1.82, 2.24) is 10.2 Å². The van der Waals surface area contributed by atoms with E-state index in [1.807, 2.05) is 0 Å². The summed E-state index contributed by atoms with van der Waals surface area (Å²) < 4.78 is 30.3. The van der Waals surface area contributed by atoms with Crippen LogP contribution >= 0.6 is 12.2 Å². The molecule has 16 heavy (non-hydrogen) atoms. The summed E-state index contributed by atoms with van der Waals surface area (Å²) in [4.78, 5) is 12.6. The molecule has 0 bridgehead atoms. The Balaban J connectivity index is 2.36. The minimum absolute atomic E-state index is 0.147. The minimum atomic E-state index is -2.62. The van der Waals surface area contributed by atoms with E-state index < -0.39 is 12.0 Å². The number of alkyl halides is 2. The number of likely N-dealkylation sites (tertiary alicyclic amines) is 1. The maximum Gasteiger partial charge on any atom is 0.413 e. The van der Waals surface area contributed by atoms with Crippen LogP contribution in [0.5, 0.6) is 0 Å². The third-order valence-corrected chi connectivity index (χ3v) is 2.63. The van der Waals surface area contributed by atoms with Gasteiger partial charge in [0.1, 0.15) is 0 Å². The number of halogens is 2. The third kappa shape index (κ3) is 3.88. The Labute approximate surface area is 97.9 Å². The van der Waals surface area contributed by atoms with Gasteiger partial charge in [0.25, 0.3) is 5.92 Å². The molecule has 1 aliphatic heterocycles. The van der Waals surface area contributed by atoms with Gasteiger partial charge in [-0.2, -0.15) is 0 Å². The summed E-state index contributed by atoms with van der Waals surface area (Å²) in [5, 5.41) is 2.48. The molecule has 1 amide bonds. The summed E-state index contributed by atoms with van der Waals surface area (Å²) in [6, 6.07) is 0. The number of hydrogen-bond donors (Lipinski definition) is 1. The van der Waals surface area contributed by atoms with Crippen LogP contribution in [0, 0.1) is 0 Å². The first-order valence-electron chi connectivity index (χ1n) is 5.05. The zero-order valence-corrected chi connectivity index (χ0v) is 9.78. The van der Waals surface area contributed by atoms with E-state index in [-0.39, 0.29) is 37.7 Å². The maximum absolute atomic E-state index is 12.8. The molecule has 1 fully saturated rings. The molecule has 0 radical (unpaired) electrons. The number of ether oxygens (including phenoxy) is 1. The van der Waals surface area contributed by atoms with Gasteiger partial charge in [0.05, 0.1) is 6.61 Å². The second-order valence-corrected chi connectivity index (χ2v) is 3.88. The second-order valence-electron chi connectivity index (χ2n) is 3.49. The molecule has 0 aromatic carbocycles. The Kier molecular flexibility index (Phi) is 4.40. The average molecular weight is 252 g/mol. The first kappa shape index (κ1) is 13.1. The lowest BCUT2D eigenvalue weighted by atomic mass is 10.1. The Morgan fingerprint density at radius 1 is 1.50 bits per heavy atom. The molecule has 0 aromatic heterocycles. The van der Waals surface area contributed by atoms with E-state index in [1.54, 1.807) is 11.8 Å². The smallest absolute Gasteiger partial charge is 0.413 e. The SMILES string of the molecule is CCOC(=O)NC(=S)N1CCC(F)(F)CC1. The van der Waals surface area contributed by atoms with E-state index in [0.29, 0.717) is 0 Å². The monoisotopic (exact) mass is 252 g/mol. The number of nitrogens with zero attached hydrogens (tertiary/aromatic N) is 1. The van der Waals surface area contributed by atoms with Gasteiger partial charge in [0.2, 0.25) is 0 Å².